The highest BCUT2D eigenvalue weighted by atomic mass is 32.2. The Balaban J connectivity index is 1.63. The highest BCUT2D eigenvalue weighted by Gasteiger charge is 2.40. The van der Waals surface area contributed by atoms with Gasteiger partial charge in [0.2, 0.25) is 11.8 Å². The zero-order valence-electron chi connectivity index (χ0n) is 11.8. The first-order valence-corrected chi connectivity index (χ1v) is 7.72. The summed E-state index contributed by atoms with van der Waals surface area (Å²) >= 11 is 1.22. The number of rotatable bonds is 3. The second-order valence-electron chi connectivity index (χ2n) is 5.09. The van der Waals surface area contributed by atoms with Crippen molar-refractivity contribution in [2.45, 2.75) is 17.8 Å². The molecule has 9 heteroatoms. The zero-order valence-corrected chi connectivity index (χ0v) is 12.6. The monoisotopic (exact) mass is 343 g/mol. The molecule has 0 aliphatic carbocycles. The van der Waals surface area contributed by atoms with Crippen molar-refractivity contribution in [2.24, 2.45) is 4.99 Å². The summed E-state index contributed by atoms with van der Waals surface area (Å²) in [4.78, 5) is 29.7. The molecular weight excluding hydrogens is 331 g/mol. The summed E-state index contributed by atoms with van der Waals surface area (Å²) in [7, 11) is 0. The van der Waals surface area contributed by atoms with Gasteiger partial charge in [0.15, 0.2) is 5.17 Å². The Morgan fingerprint density at radius 1 is 1.43 bits per heavy atom. The van der Waals surface area contributed by atoms with Crippen LogP contribution in [-0.2, 0) is 15.8 Å². The summed E-state index contributed by atoms with van der Waals surface area (Å²) in [6.07, 6.45) is -4.57. The number of amidine groups is 1. The van der Waals surface area contributed by atoms with E-state index < -0.39 is 22.9 Å². The number of nitrogens with zero attached hydrogens (tertiary/aromatic N) is 2. The lowest BCUT2D eigenvalue weighted by molar-refractivity contribution is -0.137. The van der Waals surface area contributed by atoms with Gasteiger partial charge >= 0.3 is 6.18 Å². The Hall–Kier alpha value is -2.03. The van der Waals surface area contributed by atoms with Gasteiger partial charge in [-0.05, 0) is 18.2 Å². The molecule has 1 atom stereocenters. The van der Waals surface area contributed by atoms with Crippen molar-refractivity contribution in [1.29, 1.82) is 0 Å². The highest BCUT2D eigenvalue weighted by Crippen LogP contribution is 2.33. The molecule has 2 aliphatic heterocycles. The van der Waals surface area contributed by atoms with Gasteiger partial charge in [-0.2, -0.15) is 13.2 Å². The number of thioether (sulfide) groups is 1. The summed E-state index contributed by atoms with van der Waals surface area (Å²) < 4.78 is 37.9. The van der Waals surface area contributed by atoms with Gasteiger partial charge in [0.1, 0.15) is 5.25 Å². The number of aliphatic imine (C=N–C) groups is 1. The van der Waals surface area contributed by atoms with E-state index >= 15 is 0 Å². The molecule has 0 saturated carbocycles. The van der Waals surface area contributed by atoms with E-state index in [9.17, 15) is 22.8 Å². The van der Waals surface area contributed by atoms with Gasteiger partial charge < -0.3 is 5.32 Å². The first-order valence-electron chi connectivity index (χ1n) is 6.84. The van der Waals surface area contributed by atoms with Crippen molar-refractivity contribution >= 4 is 34.4 Å². The molecule has 3 rings (SSSR count). The number of nitrogens with one attached hydrogen (secondary N) is 1. The van der Waals surface area contributed by atoms with Crippen LogP contribution in [0.2, 0.25) is 0 Å². The van der Waals surface area contributed by atoms with E-state index in [1.807, 2.05) is 0 Å². The van der Waals surface area contributed by atoms with Crippen LogP contribution in [0, 0.1) is 0 Å². The Labute approximate surface area is 133 Å². The standard InChI is InChI=1S/C14H12F3N3O2S/c15-14(16,17)8-2-1-3-9(6-8)19-11(21)7-10-12(22)20-5-4-18-13(20)23-10/h1-3,6,10H,4-5,7H2,(H,19,21)/t10-/m1/s1. The summed E-state index contributed by atoms with van der Waals surface area (Å²) in [6, 6.07) is 4.39. The number of hydrogen-bond donors (Lipinski definition) is 1. The molecule has 122 valence electrons. The van der Waals surface area contributed by atoms with E-state index in [0.29, 0.717) is 18.3 Å². The second-order valence-corrected chi connectivity index (χ2v) is 6.26. The fourth-order valence-corrected chi connectivity index (χ4v) is 3.56. The molecule has 1 N–H and O–H groups in total. The maximum atomic E-state index is 12.6. The molecule has 1 aromatic carbocycles. The molecule has 23 heavy (non-hydrogen) atoms. The minimum atomic E-state index is -4.47. The fourth-order valence-electron chi connectivity index (χ4n) is 2.37. The van der Waals surface area contributed by atoms with Gasteiger partial charge in [-0.15, -0.1) is 0 Å². The predicted octanol–water partition coefficient (Wildman–Crippen LogP) is 2.35. The van der Waals surface area contributed by atoms with Crippen molar-refractivity contribution in [3.05, 3.63) is 29.8 Å². The van der Waals surface area contributed by atoms with Crippen LogP contribution < -0.4 is 5.32 Å². The number of amides is 2. The molecule has 0 bridgehead atoms. The van der Waals surface area contributed by atoms with Gasteiger partial charge in [0.05, 0.1) is 12.1 Å². The van der Waals surface area contributed by atoms with Gasteiger partial charge in [-0.3, -0.25) is 19.5 Å². The van der Waals surface area contributed by atoms with Gasteiger partial charge in [0.25, 0.3) is 0 Å². The molecule has 5 nitrogen and oxygen atoms in total. The Morgan fingerprint density at radius 3 is 2.91 bits per heavy atom. The van der Waals surface area contributed by atoms with E-state index in [0.717, 1.165) is 12.1 Å². The van der Waals surface area contributed by atoms with Crippen LogP contribution in [0.4, 0.5) is 18.9 Å². The van der Waals surface area contributed by atoms with E-state index in [1.165, 1.54) is 28.8 Å². The Bertz CT molecular complexity index is 690. The lowest BCUT2D eigenvalue weighted by Crippen LogP contribution is -2.32. The molecule has 2 heterocycles. The predicted molar refractivity (Wildman–Crippen MR) is 80.1 cm³/mol. The third-order valence-corrected chi connectivity index (χ3v) is 4.65. The molecule has 2 amide bonds. The molecule has 0 aromatic heterocycles. The fraction of sp³-hybridized carbons (Fsp3) is 0.357. The smallest absolute Gasteiger partial charge is 0.326 e. The third-order valence-electron chi connectivity index (χ3n) is 3.44. The summed E-state index contributed by atoms with van der Waals surface area (Å²) in [5.41, 5.74) is -0.783. The van der Waals surface area contributed by atoms with Crippen LogP contribution in [0.25, 0.3) is 0 Å². The molecular formula is C14H12F3N3O2S. The van der Waals surface area contributed by atoms with Crippen molar-refractivity contribution < 1.29 is 22.8 Å². The molecule has 1 saturated heterocycles. The van der Waals surface area contributed by atoms with Crippen molar-refractivity contribution in [3.8, 4) is 0 Å². The van der Waals surface area contributed by atoms with Crippen LogP contribution in [0.1, 0.15) is 12.0 Å². The zero-order chi connectivity index (χ0) is 16.6. The van der Waals surface area contributed by atoms with Gasteiger partial charge in [0, 0.05) is 18.7 Å². The maximum absolute atomic E-state index is 12.6. The SMILES string of the molecule is O=C(C[C@H]1SC2=NCCN2C1=O)Nc1cccc(C(F)(F)F)c1. The van der Waals surface area contributed by atoms with E-state index in [-0.39, 0.29) is 18.0 Å². The minimum Gasteiger partial charge on any atom is -0.326 e. The normalized spacial score (nSPS) is 20.5. The summed E-state index contributed by atoms with van der Waals surface area (Å²) in [6.45, 7) is 1.09. The number of hydrogen-bond acceptors (Lipinski definition) is 4. The Morgan fingerprint density at radius 2 is 2.22 bits per heavy atom. The maximum Gasteiger partial charge on any atom is 0.416 e. The quantitative estimate of drug-likeness (QED) is 0.916. The molecule has 1 aromatic rings. The lowest BCUT2D eigenvalue weighted by atomic mass is 10.2. The number of halogens is 3. The first kappa shape index (κ1) is 15.9. The van der Waals surface area contributed by atoms with Crippen LogP contribution >= 0.6 is 11.8 Å². The molecule has 0 unspecified atom stereocenters. The first-order chi connectivity index (χ1) is 10.8. The molecule has 0 spiro atoms. The molecule has 0 radical (unpaired) electrons. The van der Waals surface area contributed by atoms with Crippen LogP contribution in [0.3, 0.4) is 0 Å². The van der Waals surface area contributed by atoms with E-state index in [4.69, 9.17) is 0 Å². The number of benzene rings is 1. The summed E-state index contributed by atoms with van der Waals surface area (Å²) in [5, 5.41) is 2.45. The number of carbonyl (C=O) groups excluding carboxylic acids is 2. The van der Waals surface area contributed by atoms with Gasteiger partial charge in [-0.25, -0.2) is 0 Å². The summed E-state index contributed by atoms with van der Waals surface area (Å²) in [5.74, 6) is -0.678. The number of anilines is 1. The number of fused-ring (bicyclic) bond motifs is 1. The number of alkyl halides is 3. The highest BCUT2D eigenvalue weighted by molar-refractivity contribution is 8.15. The van der Waals surface area contributed by atoms with Crippen LogP contribution in [0.5, 0.6) is 0 Å². The van der Waals surface area contributed by atoms with Crippen molar-refractivity contribution in [2.75, 3.05) is 18.4 Å². The van der Waals surface area contributed by atoms with Gasteiger partial charge in [-0.1, -0.05) is 17.8 Å². The largest absolute Gasteiger partial charge is 0.416 e. The molecule has 1 fully saturated rings. The van der Waals surface area contributed by atoms with Crippen molar-refractivity contribution in [3.63, 3.8) is 0 Å². The number of carbonyl (C=O) groups is 2. The van der Waals surface area contributed by atoms with E-state index in [1.54, 1.807) is 0 Å². The third kappa shape index (κ3) is 3.34. The van der Waals surface area contributed by atoms with Crippen LogP contribution in [-0.4, -0.2) is 40.2 Å². The minimum absolute atomic E-state index is 0.0538. The van der Waals surface area contributed by atoms with Crippen molar-refractivity contribution in [1.82, 2.24) is 4.90 Å². The lowest BCUT2D eigenvalue weighted by Gasteiger charge is -2.12. The van der Waals surface area contributed by atoms with Crippen LogP contribution in [0.15, 0.2) is 29.3 Å². The second kappa shape index (κ2) is 5.88. The van der Waals surface area contributed by atoms with E-state index in [2.05, 4.69) is 10.3 Å². The average molecular weight is 343 g/mol. The molecule has 2 aliphatic rings. The Kier molecular flexibility index (Phi) is 4.05. The topological polar surface area (TPSA) is 61.8 Å². The average Bonchev–Trinajstić information content (AvgIpc) is 3.03.